The minimum atomic E-state index is -0.176. The number of hydrogen-bond donors (Lipinski definition) is 3. The van der Waals surface area contributed by atoms with Crippen molar-refractivity contribution >= 4 is 29.0 Å². The highest BCUT2D eigenvalue weighted by Gasteiger charge is 2.36. The molecule has 1 aliphatic rings. The van der Waals surface area contributed by atoms with Crippen molar-refractivity contribution in [3.8, 4) is 0 Å². The highest BCUT2D eigenvalue weighted by Crippen LogP contribution is 2.43. The summed E-state index contributed by atoms with van der Waals surface area (Å²) >= 11 is 5.21. The Bertz CT molecular complexity index is 912. The van der Waals surface area contributed by atoms with Crippen LogP contribution in [0.15, 0.2) is 23.0 Å². The SMILES string of the molecule is CCn1c(=S)[nH]c2cc(C(=O)NCC3(CCO)CCC3)ccc2c1=O. The van der Waals surface area contributed by atoms with Crippen molar-refractivity contribution in [2.24, 2.45) is 5.41 Å². The zero-order valence-electron chi connectivity index (χ0n) is 14.3. The molecule has 6 nitrogen and oxygen atoms in total. The molecule has 1 saturated carbocycles. The average Bonchev–Trinajstić information content (AvgIpc) is 2.56. The zero-order valence-corrected chi connectivity index (χ0v) is 15.1. The van der Waals surface area contributed by atoms with Crippen molar-refractivity contribution in [2.75, 3.05) is 13.2 Å². The number of rotatable bonds is 6. The standard InChI is InChI=1S/C18H23N3O3S/c1-2-21-16(24)13-5-4-12(10-14(13)20-17(21)25)15(23)19-11-18(8-9-22)6-3-7-18/h4-5,10,22H,2-3,6-9,11H2,1H3,(H,19,23)(H,20,25). The van der Waals surface area contributed by atoms with Crippen LogP contribution in [0.5, 0.6) is 0 Å². The predicted octanol–water partition coefficient (Wildman–Crippen LogP) is 2.36. The van der Waals surface area contributed by atoms with Gasteiger partial charge < -0.3 is 15.4 Å². The number of fused-ring (bicyclic) bond motifs is 1. The first-order chi connectivity index (χ1) is 12.0. The molecule has 0 saturated heterocycles. The van der Waals surface area contributed by atoms with Crippen molar-refractivity contribution in [1.82, 2.24) is 14.9 Å². The largest absolute Gasteiger partial charge is 0.396 e. The summed E-state index contributed by atoms with van der Waals surface area (Å²) in [6.45, 7) is 3.07. The van der Waals surface area contributed by atoms with Gasteiger partial charge in [-0.05, 0) is 62.0 Å². The molecule has 1 amide bonds. The molecule has 1 heterocycles. The van der Waals surface area contributed by atoms with Crippen LogP contribution < -0.4 is 10.9 Å². The molecule has 1 aliphatic carbocycles. The van der Waals surface area contributed by atoms with Gasteiger partial charge in [0.2, 0.25) is 0 Å². The first-order valence-corrected chi connectivity index (χ1v) is 9.06. The Morgan fingerprint density at radius 2 is 2.20 bits per heavy atom. The lowest BCUT2D eigenvalue weighted by molar-refractivity contribution is 0.0732. The monoisotopic (exact) mass is 361 g/mol. The number of aliphatic hydroxyl groups excluding tert-OH is 1. The second kappa shape index (κ2) is 7.09. The average molecular weight is 361 g/mol. The summed E-state index contributed by atoms with van der Waals surface area (Å²) in [5, 5.41) is 12.7. The van der Waals surface area contributed by atoms with E-state index in [1.54, 1.807) is 18.2 Å². The van der Waals surface area contributed by atoms with Gasteiger partial charge in [0, 0.05) is 25.3 Å². The summed E-state index contributed by atoms with van der Waals surface area (Å²) in [7, 11) is 0. The second-order valence-electron chi connectivity index (χ2n) is 6.75. The molecule has 0 radical (unpaired) electrons. The molecular weight excluding hydrogens is 338 g/mol. The zero-order chi connectivity index (χ0) is 18.0. The van der Waals surface area contributed by atoms with Crippen molar-refractivity contribution in [2.45, 2.75) is 39.2 Å². The van der Waals surface area contributed by atoms with Crippen LogP contribution >= 0.6 is 12.2 Å². The fourth-order valence-electron chi connectivity index (χ4n) is 3.48. The lowest BCUT2D eigenvalue weighted by atomic mass is 9.67. The van der Waals surface area contributed by atoms with Crippen LogP contribution in [0.25, 0.3) is 10.9 Å². The minimum absolute atomic E-state index is 0.0377. The molecule has 0 atom stereocenters. The van der Waals surface area contributed by atoms with E-state index in [0.29, 0.717) is 40.7 Å². The molecule has 3 N–H and O–H groups in total. The predicted molar refractivity (Wildman–Crippen MR) is 99.4 cm³/mol. The number of carbonyl (C=O) groups excluding carboxylic acids is 1. The Hall–Kier alpha value is -1.99. The molecule has 7 heteroatoms. The van der Waals surface area contributed by atoms with Crippen LogP contribution in [0.2, 0.25) is 0 Å². The summed E-state index contributed by atoms with van der Waals surface area (Å²) in [6.07, 6.45) is 3.94. The summed E-state index contributed by atoms with van der Waals surface area (Å²) < 4.78 is 1.85. The van der Waals surface area contributed by atoms with Crippen molar-refractivity contribution in [1.29, 1.82) is 0 Å². The molecule has 25 heavy (non-hydrogen) atoms. The van der Waals surface area contributed by atoms with Gasteiger partial charge in [0.05, 0.1) is 10.9 Å². The number of amides is 1. The molecule has 0 aliphatic heterocycles. The first kappa shape index (κ1) is 17.8. The third-order valence-corrected chi connectivity index (χ3v) is 5.56. The maximum absolute atomic E-state index is 12.5. The normalized spacial score (nSPS) is 15.8. The smallest absolute Gasteiger partial charge is 0.262 e. The summed E-state index contributed by atoms with van der Waals surface area (Å²) in [5.41, 5.74) is 0.951. The van der Waals surface area contributed by atoms with Crippen molar-refractivity contribution < 1.29 is 9.90 Å². The number of carbonyl (C=O) groups is 1. The van der Waals surface area contributed by atoms with Gasteiger partial charge in [-0.15, -0.1) is 0 Å². The Labute approximate surface area is 150 Å². The van der Waals surface area contributed by atoms with Crippen LogP contribution in [0.4, 0.5) is 0 Å². The van der Waals surface area contributed by atoms with E-state index in [9.17, 15) is 14.7 Å². The highest BCUT2D eigenvalue weighted by molar-refractivity contribution is 7.71. The topological polar surface area (TPSA) is 87.1 Å². The molecule has 3 rings (SSSR count). The molecule has 1 aromatic heterocycles. The van der Waals surface area contributed by atoms with Crippen LogP contribution in [0.1, 0.15) is 43.0 Å². The molecule has 134 valence electrons. The van der Waals surface area contributed by atoms with Gasteiger partial charge in [-0.25, -0.2) is 0 Å². The summed E-state index contributed by atoms with van der Waals surface area (Å²) in [4.78, 5) is 27.9. The van der Waals surface area contributed by atoms with E-state index in [4.69, 9.17) is 12.2 Å². The second-order valence-corrected chi connectivity index (χ2v) is 7.14. The number of nitrogens with zero attached hydrogens (tertiary/aromatic N) is 1. The van der Waals surface area contributed by atoms with Gasteiger partial charge in [0.25, 0.3) is 11.5 Å². The number of aliphatic hydroxyl groups is 1. The van der Waals surface area contributed by atoms with E-state index in [1.165, 1.54) is 4.57 Å². The molecule has 2 aromatic rings. The Morgan fingerprint density at radius 1 is 1.44 bits per heavy atom. The Kier molecular flexibility index (Phi) is 5.06. The van der Waals surface area contributed by atoms with Crippen molar-refractivity contribution in [3.63, 3.8) is 0 Å². The van der Waals surface area contributed by atoms with Gasteiger partial charge in [-0.2, -0.15) is 0 Å². The van der Waals surface area contributed by atoms with E-state index in [2.05, 4.69) is 10.3 Å². The summed E-state index contributed by atoms with van der Waals surface area (Å²) in [6, 6.07) is 4.99. The summed E-state index contributed by atoms with van der Waals surface area (Å²) in [5.74, 6) is -0.176. The van der Waals surface area contributed by atoms with E-state index >= 15 is 0 Å². The molecule has 0 unspecified atom stereocenters. The minimum Gasteiger partial charge on any atom is -0.396 e. The number of H-pyrrole nitrogens is 1. The van der Waals surface area contributed by atoms with Crippen LogP contribution in [-0.2, 0) is 6.54 Å². The fraction of sp³-hybridized carbons (Fsp3) is 0.500. The third-order valence-electron chi connectivity index (χ3n) is 5.24. The quantitative estimate of drug-likeness (QED) is 0.690. The first-order valence-electron chi connectivity index (χ1n) is 8.65. The van der Waals surface area contributed by atoms with Gasteiger partial charge in [-0.3, -0.25) is 14.2 Å². The maximum atomic E-state index is 12.5. The van der Waals surface area contributed by atoms with E-state index < -0.39 is 0 Å². The fourth-order valence-corrected chi connectivity index (χ4v) is 3.80. The Balaban J connectivity index is 1.83. The van der Waals surface area contributed by atoms with E-state index in [0.717, 1.165) is 19.3 Å². The maximum Gasteiger partial charge on any atom is 0.262 e. The Morgan fingerprint density at radius 3 is 2.80 bits per heavy atom. The van der Waals surface area contributed by atoms with Crippen LogP contribution in [0, 0.1) is 10.2 Å². The van der Waals surface area contributed by atoms with Crippen LogP contribution in [-0.4, -0.2) is 33.7 Å². The lowest BCUT2D eigenvalue weighted by Crippen LogP contribution is -2.42. The number of hydrogen-bond acceptors (Lipinski definition) is 4. The highest BCUT2D eigenvalue weighted by atomic mass is 32.1. The molecule has 1 aromatic carbocycles. The van der Waals surface area contributed by atoms with Crippen molar-refractivity contribution in [3.05, 3.63) is 38.9 Å². The van der Waals surface area contributed by atoms with Gasteiger partial charge in [-0.1, -0.05) is 6.42 Å². The number of benzene rings is 1. The molecule has 1 fully saturated rings. The third kappa shape index (κ3) is 3.39. The van der Waals surface area contributed by atoms with Gasteiger partial charge in [0.15, 0.2) is 4.77 Å². The molecular formula is C18H23N3O3S. The van der Waals surface area contributed by atoms with E-state index in [1.807, 2.05) is 6.92 Å². The van der Waals surface area contributed by atoms with Crippen LogP contribution in [0.3, 0.4) is 0 Å². The number of nitrogens with one attached hydrogen (secondary N) is 2. The lowest BCUT2D eigenvalue weighted by Gasteiger charge is -2.41. The molecule has 0 bridgehead atoms. The number of aromatic amines is 1. The van der Waals surface area contributed by atoms with E-state index in [-0.39, 0.29) is 23.5 Å². The van der Waals surface area contributed by atoms with Gasteiger partial charge in [0.1, 0.15) is 0 Å². The number of aromatic nitrogens is 2. The molecule has 0 spiro atoms. The van der Waals surface area contributed by atoms with Gasteiger partial charge >= 0.3 is 0 Å².